The van der Waals surface area contributed by atoms with Crippen molar-refractivity contribution in [1.82, 2.24) is 0 Å². The van der Waals surface area contributed by atoms with Gasteiger partial charge in [0.25, 0.3) is 0 Å². The van der Waals surface area contributed by atoms with Crippen LogP contribution in [0.3, 0.4) is 0 Å². The van der Waals surface area contributed by atoms with Gasteiger partial charge in [-0.15, -0.1) is 0 Å². The quantitative estimate of drug-likeness (QED) is 0.572. The molecule has 0 amide bonds. The molecule has 0 aromatic heterocycles. The van der Waals surface area contributed by atoms with Gasteiger partial charge in [-0.1, -0.05) is 0 Å². The molecule has 0 aromatic rings. The van der Waals surface area contributed by atoms with E-state index in [9.17, 15) is 5.11 Å². The number of fused-ring (bicyclic) bond motifs is 3. The number of rotatable bonds is 0. The van der Waals surface area contributed by atoms with Crippen LogP contribution in [-0.4, -0.2) is 47.0 Å². The Morgan fingerprint density at radius 2 is 2.00 bits per heavy atom. The molecule has 1 N–H and O–H groups in total. The molecule has 0 radical (unpaired) electrons. The van der Waals surface area contributed by atoms with Crippen LogP contribution >= 0.6 is 12.6 Å². The molecule has 3 aliphatic heterocycles. The van der Waals surface area contributed by atoms with E-state index in [1.54, 1.807) is 13.8 Å². The lowest BCUT2D eigenvalue weighted by Crippen LogP contribution is -2.48. The maximum absolute atomic E-state index is 10.3. The van der Waals surface area contributed by atoms with Gasteiger partial charge in [0.15, 0.2) is 18.2 Å². The van der Waals surface area contributed by atoms with E-state index in [0.717, 1.165) is 0 Å². The van der Waals surface area contributed by atoms with Crippen molar-refractivity contribution in [2.45, 2.75) is 49.2 Å². The summed E-state index contributed by atoms with van der Waals surface area (Å²) in [6.07, 6.45) is -1.63. The fourth-order valence-corrected chi connectivity index (χ4v) is 2.71. The van der Waals surface area contributed by atoms with Gasteiger partial charge in [-0.25, -0.2) is 0 Å². The number of hydrogen-bond acceptors (Lipinski definition) is 6. The maximum Gasteiger partial charge on any atom is 0.226 e. The zero-order valence-corrected chi connectivity index (χ0v) is 9.44. The molecule has 0 spiro atoms. The third-order valence-electron chi connectivity index (χ3n) is 2.99. The van der Waals surface area contributed by atoms with E-state index >= 15 is 0 Å². The molecule has 3 heterocycles. The fraction of sp³-hybridized carbons (Fsp3) is 1.00. The van der Waals surface area contributed by atoms with E-state index in [1.807, 2.05) is 0 Å². The predicted octanol–water partition coefficient (Wildman–Crippen LogP) is -0.120. The van der Waals surface area contributed by atoms with Gasteiger partial charge in [0, 0.05) is 0 Å². The molecule has 0 aliphatic carbocycles. The van der Waals surface area contributed by atoms with Gasteiger partial charge in [0.1, 0.15) is 6.10 Å². The Morgan fingerprint density at radius 3 is 2.73 bits per heavy atom. The van der Waals surface area contributed by atoms with Gasteiger partial charge in [-0.05, 0) is 13.8 Å². The Morgan fingerprint density at radius 1 is 1.27 bits per heavy atom. The molecule has 15 heavy (non-hydrogen) atoms. The molecule has 0 bridgehead atoms. The van der Waals surface area contributed by atoms with E-state index in [0.29, 0.717) is 6.61 Å². The van der Waals surface area contributed by atoms with E-state index in [-0.39, 0.29) is 5.25 Å². The first-order chi connectivity index (χ1) is 6.92. The van der Waals surface area contributed by atoms with Gasteiger partial charge in [0.05, 0.1) is 11.9 Å². The van der Waals surface area contributed by atoms with E-state index in [2.05, 4.69) is 12.6 Å². The minimum absolute atomic E-state index is 0.143. The summed E-state index contributed by atoms with van der Waals surface area (Å²) in [4.78, 5) is 0. The molecule has 0 aromatic carbocycles. The molecule has 3 aliphatic rings. The average Bonchev–Trinajstić information content (AvgIpc) is 2.65. The summed E-state index contributed by atoms with van der Waals surface area (Å²) in [6.45, 7) is 3.91. The summed E-state index contributed by atoms with van der Waals surface area (Å²) in [6, 6.07) is 0. The van der Waals surface area contributed by atoms with Crippen LogP contribution in [0.15, 0.2) is 0 Å². The van der Waals surface area contributed by atoms with E-state index in [4.69, 9.17) is 18.9 Å². The normalized spacial score (nSPS) is 56.8. The highest BCUT2D eigenvalue weighted by atomic mass is 32.1. The van der Waals surface area contributed by atoms with Gasteiger partial charge in [-0.3, -0.25) is 0 Å². The standard InChI is InChI=1S/C9H14O5S/c1-8(2)13-6-7(14-8)12-5-4(15)3-11-9(5,6)10/h4-7,10,15H,3H2,1-2H3/t4-,5+,6-,7-,9-/m1/s1. The van der Waals surface area contributed by atoms with E-state index < -0.39 is 30.1 Å². The summed E-state index contributed by atoms with van der Waals surface area (Å²) in [5.74, 6) is -2.15. The second-order valence-corrected chi connectivity index (χ2v) is 5.27. The molecule has 0 saturated carbocycles. The number of thiol groups is 1. The lowest BCUT2D eigenvalue weighted by atomic mass is 10.1. The van der Waals surface area contributed by atoms with Crippen molar-refractivity contribution in [1.29, 1.82) is 0 Å². The smallest absolute Gasteiger partial charge is 0.226 e. The van der Waals surface area contributed by atoms with Crippen molar-refractivity contribution in [2.24, 2.45) is 0 Å². The zero-order valence-electron chi connectivity index (χ0n) is 8.54. The molecule has 3 saturated heterocycles. The molecule has 5 nitrogen and oxygen atoms in total. The van der Waals surface area contributed by atoms with Crippen molar-refractivity contribution in [3.05, 3.63) is 0 Å². The Bertz CT molecular complexity index is 296. The third kappa shape index (κ3) is 1.30. The Kier molecular flexibility index (Phi) is 1.98. The third-order valence-corrected chi connectivity index (χ3v) is 3.41. The van der Waals surface area contributed by atoms with Gasteiger partial charge in [0.2, 0.25) is 5.79 Å². The lowest BCUT2D eigenvalue weighted by molar-refractivity contribution is -0.271. The minimum atomic E-state index is -1.41. The van der Waals surface area contributed by atoms with Crippen LogP contribution in [0.5, 0.6) is 0 Å². The van der Waals surface area contributed by atoms with Gasteiger partial charge in [-0.2, -0.15) is 12.6 Å². The van der Waals surface area contributed by atoms with Crippen LogP contribution in [0.1, 0.15) is 13.8 Å². The van der Waals surface area contributed by atoms with Crippen molar-refractivity contribution < 1.29 is 24.1 Å². The molecule has 5 atom stereocenters. The summed E-state index contributed by atoms with van der Waals surface area (Å²) in [7, 11) is 0. The Hall–Kier alpha value is 0.150. The van der Waals surface area contributed by atoms with Crippen LogP contribution in [-0.2, 0) is 18.9 Å². The predicted molar refractivity (Wildman–Crippen MR) is 52.4 cm³/mol. The average molecular weight is 234 g/mol. The van der Waals surface area contributed by atoms with Crippen molar-refractivity contribution in [2.75, 3.05) is 6.61 Å². The summed E-state index contributed by atoms with van der Waals surface area (Å²) < 4.78 is 22.0. The van der Waals surface area contributed by atoms with Crippen LogP contribution in [0.25, 0.3) is 0 Å². The Labute approximate surface area is 93.0 Å². The highest BCUT2D eigenvalue weighted by Crippen LogP contribution is 2.48. The molecular formula is C9H14O5S. The number of aliphatic hydroxyl groups is 1. The highest BCUT2D eigenvalue weighted by molar-refractivity contribution is 7.81. The zero-order chi connectivity index (χ0) is 10.8. The highest BCUT2D eigenvalue weighted by Gasteiger charge is 2.68. The van der Waals surface area contributed by atoms with Gasteiger partial charge >= 0.3 is 0 Å². The largest absolute Gasteiger partial charge is 0.361 e. The van der Waals surface area contributed by atoms with E-state index in [1.165, 1.54) is 0 Å². The lowest BCUT2D eigenvalue weighted by Gasteiger charge is -2.27. The van der Waals surface area contributed by atoms with Crippen LogP contribution in [0.2, 0.25) is 0 Å². The van der Waals surface area contributed by atoms with Crippen molar-refractivity contribution >= 4 is 12.6 Å². The van der Waals surface area contributed by atoms with Gasteiger partial charge < -0.3 is 24.1 Å². The minimum Gasteiger partial charge on any atom is -0.361 e. The first-order valence-corrected chi connectivity index (χ1v) is 5.49. The molecule has 86 valence electrons. The van der Waals surface area contributed by atoms with Crippen LogP contribution in [0, 0.1) is 0 Å². The SMILES string of the molecule is CC1(C)O[C@H]2O[C@H]3[C@H](S)CO[C@@]3(O)[C@@H]2O1. The second-order valence-electron chi connectivity index (χ2n) is 4.61. The molecule has 0 unspecified atom stereocenters. The maximum atomic E-state index is 10.3. The topological polar surface area (TPSA) is 57.2 Å². The molecule has 6 heteroatoms. The first-order valence-electron chi connectivity index (χ1n) is 4.98. The number of hydrogen-bond donors (Lipinski definition) is 2. The summed E-state index contributed by atoms with van der Waals surface area (Å²) in [5.41, 5.74) is 0. The van der Waals surface area contributed by atoms with Crippen LogP contribution in [0.4, 0.5) is 0 Å². The number of ether oxygens (including phenoxy) is 4. The molecule has 3 fully saturated rings. The monoisotopic (exact) mass is 234 g/mol. The second kappa shape index (κ2) is 2.88. The van der Waals surface area contributed by atoms with Crippen molar-refractivity contribution in [3.63, 3.8) is 0 Å². The molecular weight excluding hydrogens is 220 g/mol. The Balaban J connectivity index is 1.89. The molecule has 3 rings (SSSR count). The fourth-order valence-electron chi connectivity index (χ4n) is 2.35. The summed E-state index contributed by atoms with van der Waals surface area (Å²) >= 11 is 4.29. The summed E-state index contributed by atoms with van der Waals surface area (Å²) in [5, 5.41) is 10.2. The van der Waals surface area contributed by atoms with Crippen LogP contribution < -0.4 is 0 Å². The van der Waals surface area contributed by atoms with Crippen molar-refractivity contribution in [3.8, 4) is 0 Å². The first kappa shape index (κ1) is 10.3.